The molecule has 4 atom stereocenters. The standard InChI is InChI=1S/C20H25FN2O3/c1-23(12-13-3-7-15(25-2)8-4-13)19-17(22)11-18(20(19)24)26-16-9-5-14(21)6-10-16/h3-10,17-20,24H,11-12,22H2,1-2H3/t17-,18-,19+,20+/m1/s1. The van der Waals surface area contributed by atoms with E-state index in [4.69, 9.17) is 15.2 Å². The fraction of sp³-hybridized carbons (Fsp3) is 0.400. The van der Waals surface area contributed by atoms with Crippen molar-refractivity contribution in [3.05, 3.63) is 59.9 Å². The van der Waals surface area contributed by atoms with Crippen LogP contribution < -0.4 is 15.2 Å². The molecule has 0 radical (unpaired) electrons. The molecule has 1 fully saturated rings. The number of nitrogens with two attached hydrogens (primary N) is 1. The van der Waals surface area contributed by atoms with Crippen LogP contribution in [-0.4, -0.2) is 48.5 Å². The van der Waals surface area contributed by atoms with Gasteiger partial charge in [-0.15, -0.1) is 0 Å². The van der Waals surface area contributed by atoms with Gasteiger partial charge in [0.15, 0.2) is 0 Å². The Morgan fingerprint density at radius 2 is 1.73 bits per heavy atom. The molecule has 3 rings (SSSR count). The quantitative estimate of drug-likeness (QED) is 0.826. The van der Waals surface area contributed by atoms with Gasteiger partial charge in [-0.25, -0.2) is 4.39 Å². The molecule has 6 heteroatoms. The number of nitrogens with zero attached hydrogens (tertiary/aromatic N) is 1. The summed E-state index contributed by atoms with van der Waals surface area (Å²) in [5.41, 5.74) is 7.38. The Hall–Kier alpha value is -2.15. The Labute approximate surface area is 153 Å². The molecule has 0 aliphatic heterocycles. The van der Waals surface area contributed by atoms with Crippen LogP contribution in [0.15, 0.2) is 48.5 Å². The zero-order valence-corrected chi connectivity index (χ0v) is 15.0. The third-order valence-corrected chi connectivity index (χ3v) is 4.88. The van der Waals surface area contributed by atoms with Crippen molar-refractivity contribution in [2.24, 2.45) is 5.73 Å². The Morgan fingerprint density at radius 1 is 1.12 bits per heavy atom. The maximum absolute atomic E-state index is 13.0. The maximum atomic E-state index is 13.0. The molecule has 5 nitrogen and oxygen atoms in total. The van der Waals surface area contributed by atoms with E-state index in [0.717, 1.165) is 11.3 Å². The number of ether oxygens (including phenoxy) is 2. The van der Waals surface area contributed by atoms with Crippen LogP contribution in [0, 0.1) is 5.82 Å². The number of benzene rings is 2. The Bertz CT molecular complexity index is 708. The van der Waals surface area contributed by atoms with Crippen LogP contribution in [0.4, 0.5) is 4.39 Å². The highest BCUT2D eigenvalue weighted by Gasteiger charge is 2.44. The molecule has 3 N–H and O–H groups in total. The van der Waals surface area contributed by atoms with Crippen LogP contribution in [0.1, 0.15) is 12.0 Å². The summed E-state index contributed by atoms with van der Waals surface area (Å²) in [6, 6.07) is 13.2. The normalized spacial score (nSPS) is 25.5. The Kier molecular flexibility index (Phi) is 5.76. The van der Waals surface area contributed by atoms with E-state index in [1.54, 1.807) is 19.2 Å². The number of aliphatic hydroxyl groups is 1. The monoisotopic (exact) mass is 360 g/mol. The maximum Gasteiger partial charge on any atom is 0.128 e. The van der Waals surface area contributed by atoms with E-state index < -0.39 is 12.2 Å². The molecule has 1 aliphatic rings. The van der Waals surface area contributed by atoms with E-state index in [2.05, 4.69) is 0 Å². The van der Waals surface area contributed by atoms with Crippen molar-refractivity contribution in [1.29, 1.82) is 0 Å². The van der Waals surface area contributed by atoms with Crippen LogP contribution in [0.5, 0.6) is 11.5 Å². The number of hydrogen-bond acceptors (Lipinski definition) is 5. The number of rotatable bonds is 6. The van der Waals surface area contributed by atoms with Gasteiger partial charge in [0.1, 0.15) is 29.5 Å². The minimum atomic E-state index is -0.724. The lowest BCUT2D eigenvalue weighted by molar-refractivity contribution is 0.0137. The number of methoxy groups -OCH3 is 1. The molecule has 0 heterocycles. The molecule has 0 saturated heterocycles. The Morgan fingerprint density at radius 3 is 2.35 bits per heavy atom. The predicted molar refractivity (Wildman–Crippen MR) is 97.7 cm³/mol. The second-order valence-corrected chi connectivity index (χ2v) is 6.75. The van der Waals surface area contributed by atoms with Crippen molar-refractivity contribution < 1.29 is 19.0 Å². The SMILES string of the molecule is COc1ccc(CN(C)[C@@H]2[C@@H](O)[C@H](Oc3ccc(F)cc3)C[C@H]2N)cc1. The van der Waals surface area contributed by atoms with E-state index in [1.807, 2.05) is 36.2 Å². The van der Waals surface area contributed by atoms with Crippen molar-refractivity contribution in [2.75, 3.05) is 14.2 Å². The van der Waals surface area contributed by atoms with Crippen LogP contribution in [0.2, 0.25) is 0 Å². The molecule has 0 bridgehead atoms. The number of aliphatic hydroxyl groups excluding tert-OH is 1. The van der Waals surface area contributed by atoms with Crippen molar-refractivity contribution >= 4 is 0 Å². The zero-order valence-electron chi connectivity index (χ0n) is 15.0. The third kappa shape index (κ3) is 4.15. The van der Waals surface area contributed by atoms with Crippen LogP contribution in [-0.2, 0) is 6.54 Å². The van der Waals surface area contributed by atoms with Gasteiger partial charge < -0.3 is 20.3 Å². The van der Waals surface area contributed by atoms with Gasteiger partial charge in [-0.1, -0.05) is 12.1 Å². The first-order chi connectivity index (χ1) is 12.5. The molecule has 1 aliphatic carbocycles. The summed E-state index contributed by atoms with van der Waals surface area (Å²) >= 11 is 0. The van der Waals surface area contributed by atoms with Crippen molar-refractivity contribution in [2.45, 2.75) is 37.3 Å². The smallest absolute Gasteiger partial charge is 0.128 e. The van der Waals surface area contributed by atoms with Crippen molar-refractivity contribution in [1.82, 2.24) is 4.90 Å². The lowest BCUT2D eigenvalue weighted by Gasteiger charge is -2.30. The summed E-state index contributed by atoms with van der Waals surface area (Å²) < 4.78 is 24.0. The van der Waals surface area contributed by atoms with E-state index in [9.17, 15) is 9.50 Å². The average molecular weight is 360 g/mol. The molecule has 140 valence electrons. The first kappa shape index (κ1) is 18.6. The summed E-state index contributed by atoms with van der Waals surface area (Å²) in [7, 11) is 3.58. The number of hydrogen-bond donors (Lipinski definition) is 2. The van der Waals surface area contributed by atoms with Crippen LogP contribution in [0.3, 0.4) is 0 Å². The van der Waals surface area contributed by atoms with Gasteiger partial charge >= 0.3 is 0 Å². The highest BCUT2D eigenvalue weighted by atomic mass is 19.1. The largest absolute Gasteiger partial charge is 0.497 e. The highest BCUT2D eigenvalue weighted by Crippen LogP contribution is 2.28. The molecular formula is C20H25FN2O3. The topological polar surface area (TPSA) is 68.0 Å². The van der Waals surface area contributed by atoms with E-state index in [-0.39, 0.29) is 17.9 Å². The second kappa shape index (κ2) is 8.03. The van der Waals surface area contributed by atoms with Gasteiger partial charge in [0.25, 0.3) is 0 Å². The second-order valence-electron chi connectivity index (χ2n) is 6.75. The summed E-state index contributed by atoms with van der Waals surface area (Å²) in [5.74, 6) is 1.01. The van der Waals surface area contributed by atoms with E-state index in [0.29, 0.717) is 18.7 Å². The van der Waals surface area contributed by atoms with Crippen LogP contribution in [0.25, 0.3) is 0 Å². The van der Waals surface area contributed by atoms with Gasteiger partial charge in [0.2, 0.25) is 0 Å². The predicted octanol–water partition coefficient (Wildman–Crippen LogP) is 2.17. The molecule has 0 aromatic heterocycles. The molecule has 0 unspecified atom stereocenters. The summed E-state index contributed by atoms with van der Waals surface area (Å²) in [6.07, 6.45) is -0.604. The van der Waals surface area contributed by atoms with Gasteiger partial charge in [-0.3, -0.25) is 4.90 Å². The third-order valence-electron chi connectivity index (χ3n) is 4.88. The first-order valence-electron chi connectivity index (χ1n) is 8.67. The van der Waals surface area contributed by atoms with Gasteiger partial charge in [0.05, 0.1) is 13.2 Å². The first-order valence-corrected chi connectivity index (χ1v) is 8.67. The van der Waals surface area contributed by atoms with E-state index in [1.165, 1.54) is 12.1 Å². The molecule has 2 aromatic carbocycles. The summed E-state index contributed by atoms with van der Waals surface area (Å²) in [5, 5.41) is 10.7. The number of likely N-dealkylation sites (N-methyl/N-ethyl adjacent to an activating group) is 1. The molecular weight excluding hydrogens is 335 g/mol. The zero-order chi connectivity index (χ0) is 18.7. The van der Waals surface area contributed by atoms with Crippen molar-refractivity contribution in [3.63, 3.8) is 0 Å². The van der Waals surface area contributed by atoms with Crippen molar-refractivity contribution in [3.8, 4) is 11.5 Å². The van der Waals surface area contributed by atoms with Gasteiger partial charge in [-0.05, 0) is 49.0 Å². The fourth-order valence-electron chi connectivity index (χ4n) is 3.54. The minimum Gasteiger partial charge on any atom is -0.497 e. The summed E-state index contributed by atoms with van der Waals surface area (Å²) in [6.45, 7) is 0.655. The van der Waals surface area contributed by atoms with E-state index >= 15 is 0 Å². The minimum absolute atomic E-state index is 0.210. The molecule has 1 saturated carbocycles. The molecule has 0 spiro atoms. The average Bonchev–Trinajstić information content (AvgIpc) is 2.91. The summed E-state index contributed by atoms with van der Waals surface area (Å²) in [4.78, 5) is 2.05. The molecule has 2 aromatic rings. The van der Waals surface area contributed by atoms with Gasteiger partial charge in [-0.2, -0.15) is 0 Å². The highest BCUT2D eigenvalue weighted by molar-refractivity contribution is 5.27. The lowest BCUT2D eigenvalue weighted by atomic mass is 10.1. The van der Waals surface area contributed by atoms with Gasteiger partial charge in [0, 0.05) is 19.0 Å². The lowest BCUT2D eigenvalue weighted by Crippen LogP contribution is -2.48. The fourth-order valence-corrected chi connectivity index (χ4v) is 3.54. The van der Waals surface area contributed by atoms with Crippen LogP contribution >= 0.6 is 0 Å². The molecule has 0 amide bonds. The molecule has 26 heavy (non-hydrogen) atoms. The Balaban J connectivity index is 1.64. The number of halogens is 1.